The Balaban J connectivity index is 0.00000106. The van der Waals surface area contributed by atoms with Gasteiger partial charge in [-0.05, 0) is 28.9 Å². The summed E-state index contributed by atoms with van der Waals surface area (Å²) in [4.78, 5) is 15.2. The Labute approximate surface area is 128 Å². The van der Waals surface area contributed by atoms with E-state index in [0.717, 1.165) is 10.5 Å². The molecule has 0 bridgehead atoms. The summed E-state index contributed by atoms with van der Waals surface area (Å²) in [6.07, 6.45) is -1.96. The van der Waals surface area contributed by atoms with Crippen LogP contribution in [-0.2, 0) is 10.9 Å². The van der Waals surface area contributed by atoms with Gasteiger partial charge in [0.1, 0.15) is 5.65 Å². The topological polar surface area (TPSA) is 43.6 Å². The van der Waals surface area contributed by atoms with Gasteiger partial charge in [-0.1, -0.05) is 13.8 Å². The van der Waals surface area contributed by atoms with Crippen molar-refractivity contribution in [3.05, 3.63) is 34.2 Å². The van der Waals surface area contributed by atoms with Gasteiger partial charge in [0.15, 0.2) is 5.69 Å². The third kappa shape index (κ3) is 3.96. The first-order chi connectivity index (χ1) is 9.82. The molecule has 0 radical (unpaired) electrons. The van der Waals surface area contributed by atoms with Crippen molar-refractivity contribution in [3.63, 3.8) is 0 Å². The number of carbonyl (C=O) groups excluding carboxylic acids is 1. The standard InChI is InChI=1S/C11H8BrF3N2O2.C2H6/c1-2-19-10(18)8-5-17-4-6(12)3-7(9(17)16-8)11(13,14)15;1-2/h3-5H,2H2,1H3;1-2H3. The number of aromatic nitrogens is 2. The number of rotatable bonds is 2. The molecule has 2 heterocycles. The van der Waals surface area contributed by atoms with E-state index in [1.165, 1.54) is 12.4 Å². The zero-order valence-corrected chi connectivity index (χ0v) is 13.2. The van der Waals surface area contributed by atoms with E-state index in [9.17, 15) is 18.0 Å². The number of alkyl halides is 3. The summed E-state index contributed by atoms with van der Waals surface area (Å²) in [7, 11) is 0. The van der Waals surface area contributed by atoms with Gasteiger partial charge in [-0.15, -0.1) is 0 Å². The molecule has 8 heteroatoms. The molecule has 0 aliphatic rings. The monoisotopic (exact) mass is 366 g/mol. The van der Waals surface area contributed by atoms with Gasteiger partial charge in [0.05, 0.1) is 12.2 Å². The lowest BCUT2D eigenvalue weighted by molar-refractivity contribution is -0.136. The van der Waals surface area contributed by atoms with Crippen LogP contribution in [0.4, 0.5) is 13.2 Å². The van der Waals surface area contributed by atoms with E-state index >= 15 is 0 Å². The molecule has 0 atom stereocenters. The Morgan fingerprint density at radius 3 is 2.52 bits per heavy atom. The van der Waals surface area contributed by atoms with Crippen LogP contribution in [0, 0.1) is 0 Å². The minimum atomic E-state index is -4.55. The quantitative estimate of drug-likeness (QED) is 0.743. The Bertz CT molecular complexity index is 638. The lowest BCUT2D eigenvalue weighted by Crippen LogP contribution is -2.08. The van der Waals surface area contributed by atoms with Crippen LogP contribution in [0.5, 0.6) is 0 Å². The van der Waals surface area contributed by atoms with Gasteiger partial charge >= 0.3 is 12.1 Å². The molecule has 2 aromatic rings. The summed E-state index contributed by atoms with van der Waals surface area (Å²) in [5.74, 6) is -0.754. The Morgan fingerprint density at radius 1 is 1.38 bits per heavy atom. The minimum Gasteiger partial charge on any atom is -0.461 e. The maximum atomic E-state index is 12.9. The molecule has 0 aliphatic heterocycles. The lowest BCUT2D eigenvalue weighted by atomic mass is 10.2. The average Bonchev–Trinajstić information content (AvgIpc) is 2.83. The van der Waals surface area contributed by atoms with E-state index in [2.05, 4.69) is 20.9 Å². The second-order valence-corrected chi connectivity index (χ2v) is 4.56. The number of hydrogen-bond donors (Lipinski definition) is 0. The molecular weight excluding hydrogens is 353 g/mol. The number of pyridine rings is 1. The molecule has 0 saturated carbocycles. The number of fused-ring (bicyclic) bond motifs is 1. The summed E-state index contributed by atoms with van der Waals surface area (Å²) in [6, 6.07) is 0.914. The van der Waals surface area contributed by atoms with Gasteiger partial charge < -0.3 is 9.14 Å². The fourth-order valence-electron chi connectivity index (χ4n) is 1.58. The number of imidazole rings is 1. The predicted octanol–water partition coefficient (Wildman–Crippen LogP) is 4.32. The predicted molar refractivity (Wildman–Crippen MR) is 75.2 cm³/mol. The Kier molecular flexibility index (Phi) is 5.77. The fraction of sp³-hybridized carbons (Fsp3) is 0.385. The molecule has 116 valence electrons. The zero-order chi connectivity index (χ0) is 16.2. The molecule has 0 aromatic carbocycles. The molecular formula is C13H14BrF3N2O2. The maximum absolute atomic E-state index is 12.9. The maximum Gasteiger partial charge on any atom is 0.420 e. The Morgan fingerprint density at radius 2 is 2.00 bits per heavy atom. The lowest BCUT2D eigenvalue weighted by Gasteiger charge is -2.08. The third-order valence-corrected chi connectivity index (χ3v) is 2.74. The zero-order valence-electron chi connectivity index (χ0n) is 11.7. The normalized spacial score (nSPS) is 11.0. The molecule has 0 aliphatic carbocycles. The molecule has 0 saturated heterocycles. The molecule has 0 unspecified atom stereocenters. The van der Waals surface area contributed by atoms with Gasteiger partial charge in [0.25, 0.3) is 0 Å². The highest BCUT2D eigenvalue weighted by Gasteiger charge is 2.34. The van der Waals surface area contributed by atoms with Crippen LogP contribution in [0.15, 0.2) is 22.9 Å². The highest BCUT2D eigenvalue weighted by Crippen LogP contribution is 2.34. The fourth-order valence-corrected chi connectivity index (χ4v) is 2.03. The summed E-state index contributed by atoms with van der Waals surface area (Å²) < 4.78 is 44.7. The first-order valence-corrected chi connectivity index (χ1v) is 7.04. The minimum absolute atomic E-state index is 0.128. The van der Waals surface area contributed by atoms with E-state index in [0.29, 0.717) is 0 Å². The third-order valence-electron chi connectivity index (χ3n) is 2.31. The van der Waals surface area contributed by atoms with Crippen molar-refractivity contribution < 1.29 is 22.7 Å². The van der Waals surface area contributed by atoms with Gasteiger partial charge in [-0.3, -0.25) is 0 Å². The number of carbonyl (C=O) groups is 1. The van der Waals surface area contributed by atoms with Crippen LogP contribution >= 0.6 is 15.9 Å². The van der Waals surface area contributed by atoms with Crippen molar-refractivity contribution in [3.8, 4) is 0 Å². The van der Waals surface area contributed by atoms with Crippen molar-refractivity contribution in [1.82, 2.24) is 9.38 Å². The first-order valence-electron chi connectivity index (χ1n) is 6.25. The molecule has 2 aromatic heterocycles. The van der Waals surface area contributed by atoms with E-state index in [-0.39, 0.29) is 22.4 Å². The second-order valence-electron chi connectivity index (χ2n) is 3.65. The second kappa shape index (κ2) is 6.93. The smallest absolute Gasteiger partial charge is 0.420 e. The van der Waals surface area contributed by atoms with E-state index in [4.69, 9.17) is 4.74 Å². The van der Waals surface area contributed by atoms with E-state index in [1.807, 2.05) is 13.8 Å². The summed E-state index contributed by atoms with van der Waals surface area (Å²) in [5.41, 5.74) is -1.42. The van der Waals surface area contributed by atoms with Crippen LogP contribution in [-0.4, -0.2) is 22.0 Å². The highest BCUT2D eigenvalue weighted by atomic mass is 79.9. The number of nitrogens with zero attached hydrogens (tertiary/aromatic N) is 2. The van der Waals surface area contributed by atoms with Crippen molar-refractivity contribution in [2.24, 2.45) is 0 Å². The molecule has 21 heavy (non-hydrogen) atoms. The van der Waals surface area contributed by atoms with Gasteiger partial charge in [-0.25, -0.2) is 9.78 Å². The summed E-state index contributed by atoms with van der Waals surface area (Å²) >= 11 is 2.99. The number of esters is 1. The molecule has 2 rings (SSSR count). The van der Waals surface area contributed by atoms with Crippen LogP contribution in [0.2, 0.25) is 0 Å². The SMILES string of the molecule is CC.CCOC(=O)c1cn2cc(Br)cc(C(F)(F)F)c2n1. The van der Waals surface area contributed by atoms with Crippen LogP contribution in [0.3, 0.4) is 0 Å². The van der Waals surface area contributed by atoms with Crippen LogP contribution < -0.4 is 0 Å². The van der Waals surface area contributed by atoms with Crippen LogP contribution in [0.1, 0.15) is 36.8 Å². The summed E-state index contributed by atoms with van der Waals surface area (Å²) in [5, 5.41) is 0. The first kappa shape index (κ1) is 17.5. The molecule has 0 spiro atoms. The number of ether oxygens (including phenoxy) is 1. The number of hydrogen-bond acceptors (Lipinski definition) is 3. The van der Waals surface area contributed by atoms with Gasteiger partial charge in [0.2, 0.25) is 0 Å². The summed E-state index contributed by atoms with van der Waals surface area (Å²) in [6.45, 7) is 5.73. The van der Waals surface area contributed by atoms with Crippen molar-refractivity contribution >= 4 is 27.5 Å². The van der Waals surface area contributed by atoms with Crippen molar-refractivity contribution in [2.75, 3.05) is 6.61 Å². The van der Waals surface area contributed by atoms with Crippen molar-refractivity contribution in [1.29, 1.82) is 0 Å². The van der Waals surface area contributed by atoms with E-state index < -0.39 is 17.7 Å². The van der Waals surface area contributed by atoms with Crippen molar-refractivity contribution in [2.45, 2.75) is 26.9 Å². The Hall–Kier alpha value is -1.57. The molecule has 0 fully saturated rings. The van der Waals surface area contributed by atoms with E-state index in [1.54, 1.807) is 6.92 Å². The molecule has 0 amide bonds. The number of halogens is 4. The van der Waals surface area contributed by atoms with Gasteiger partial charge in [-0.2, -0.15) is 13.2 Å². The van der Waals surface area contributed by atoms with Crippen LogP contribution in [0.25, 0.3) is 5.65 Å². The van der Waals surface area contributed by atoms with Gasteiger partial charge in [0, 0.05) is 16.9 Å². The highest BCUT2D eigenvalue weighted by molar-refractivity contribution is 9.10. The largest absolute Gasteiger partial charge is 0.461 e. The average molecular weight is 367 g/mol. The molecule has 4 nitrogen and oxygen atoms in total. The molecule has 0 N–H and O–H groups in total.